The molecule has 0 aliphatic carbocycles. The third-order valence-electron chi connectivity index (χ3n) is 2.66. The highest BCUT2D eigenvalue weighted by Gasteiger charge is 2.09. The summed E-state index contributed by atoms with van der Waals surface area (Å²) in [5.41, 5.74) is 1.16. The van der Waals surface area contributed by atoms with E-state index in [4.69, 9.17) is 9.47 Å². The maximum absolute atomic E-state index is 9.20. The van der Waals surface area contributed by atoms with Gasteiger partial charge in [-0.3, -0.25) is 0 Å². The van der Waals surface area contributed by atoms with Crippen LogP contribution in [0.5, 0.6) is 0 Å². The fourth-order valence-electron chi connectivity index (χ4n) is 1.58. The molecule has 1 N–H and O–H groups in total. The highest BCUT2D eigenvalue weighted by atomic mass is 16.5. The van der Waals surface area contributed by atoms with Crippen molar-refractivity contribution in [3.05, 3.63) is 35.9 Å². The van der Waals surface area contributed by atoms with Gasteiger partial charge >= 0.3 is 0 Å². The molecule has 96 valence electrons. The molecule has 2 unspecified atom stereocenters. The van der Waals surface area contributed by atoms with Gasteiger partial charge in [-0.05, 0) is 25.3 Å². The number of aliphatic hydroxyl groups is 1. The molecule has 0 saturated heterocycles. The summed E-state index contributed by atoms with van der Waals surface area (Å²) in [7, 11) is 1.68. The van der Waals surface area contributed by atoms with Crippen LogP contribution in [0.1, 0.15) is 25.3 Å². The number of hydrogen-bond acceptors (Lipinski definition) is 3. The lowest BCUT2D eigenvalue weighted by Gasteiger charge is -2.16. The molecular weight excluding hydrogens is 216 g/mol. The van der Waals surface area contributed by atoms with E-state index < -0.39 is 0 Å². The smallest absolute Gasteiger partial charge is 0.0805 e. The van der Waals surface area contributed by atoms with Gasteiger partial charge in [-0.25, -0.2) is 0 Å². The normalized spacial score (nSPS) is 14.5. The summed E-state index contributed by atoms with van der Waals surface area (Å²) in [5.74, 6) is 0. The number of ether oxygens (including phenoxy) is 2. The molecule has 3 nitrogen and oxygen atoms in total. The van der Waals surface area contributed by atoms with E-state index in [2.05, 4.69) is 0 Å². The molecule has 1 rings (SSSR count). The summed E-state index contributed by atoms with van der Waals surface area (Å²) in [4.78, 5) is 0. The Bertz CT molecular complexity index is 285. The Morgan fingerprint density at radius 1 is 1.18 bits per heavy atom. The summed E-state index contributed by atoms with van der Waals surface area (Å²) < 4.78 is 10.9. The van der Waals surface area contributed by atoms with Gasteiger partial charge in [0.2, 0.25) is 0 Å². The van der Waals surface area contributed by atoms with E-state index in [1.54, 1.807) is 14.0 Å². The first-order valence-corrected chi connectivity index (χ1v) is 6.05. The third kappa shape index (κ3) is 6.41. The molecule has 0 heterocycles. The van der Waals surface area contributed by atoms with Gasteiger partial charge in [0.25, 0.3) is 0 Å². The van der Waals surface area contributed by atoms with Crippen LogP contribution in [0.25, 0.3) is 0 Å². The van der Waals surface area contributed by atoms with Gasteiger partial charge < -0.3 is 14.6 Å². The molecule has 0 aliphatic rings. The van der Waals surface area contributed by atoms with E-state index in [-0.39, 0.29) is 12.2 Å². The van der Waals surface area contributed by atoms with Gasteiger partial charge in [-0.15, -0.1) is 0 Å². The summed E-state index contributed by atoms with van der Waals surface area (Å²) >= 11 is 0. The van der Waals surface area contributed by atoms with Crippen molar-refractivity contribution in [1.29, 1.82) is 0 Å². The fourth-order valence-corrected chi connectivity index (χ4v) is 1.58. The summed E-state index contributed by atoms with van der Waals surface area (Å²) in [6.07, 6.45) is 1.35. The molecule has 1 aromatic rings. The minimum atomic E-state index is -0.276. The number of hydrogen-bond donors (Lipinski definition) is 1. The molecule has 0 bridgehead atoms. The van der Waals surface area contributed by atoms with Crippen LogP contribution in [-0.2, 0) is 16.1 Å². The minimum Gasteiger partial charge on any atom is -0.393 e. The van der Waals surface area contributed by atoms with Gasteiger partial charge in [-0.1, -0.05) is 30.3 Å². The van der Waals surface area contributed by atoms with Crippen molar-refractivity contribution in [2.45, 2.75) is 38.6 Å². The molecule has 0 aliphatic heterocycles. The minimum absolute atomic E-state index is 0.0633. The lowest BCUT2D eigenvalue weighted by Crippen LogP contribution is -2.20. The van der Waals surface area contributed by atoms with Crippen LogP contribution in [0.15, 0.2) is 30.3 Å². The lowest BCUT2D eigenvalue weighted by molar-refractivity contribution is -0.00770. The molecule has 0 fully saturated rings. The number of rotatable bonds is 8. The quantitative estimate of drug-likeness (QED) is 0.755. The summed E-state index contributed by atoms with van der Waals surface area (Å²) in [6.45, 7) is 2.96. The lowest BCUT2D eigenvalue weighted by atomic mass is 10.1. The largest absolute Gasteiger partial charge is 0.393 e. The zero-order chi connectivity index (χ0) is 12.5. The van der Waals surface area contributed by atoms with E-state index in [1.807, 2.05) is 30.3 Å². The van der Waals surface area contributed by atoms with Crippen molar-refractivity contribution in [3.63, 3.8) is 0 Å². The molecule has 0 spiro atoms. The van der Waals surface area contributed by atoms with Gasteiger partial charge in [0.1, 0.15) is 0 Å². The highest BCUT2D eigenvalue weighted by molar-refractivity contribution is 5.13. The average Bonchev–Trinajstić information content (AvgIpc) is 2.34. The van der Waals surface area contributed by atoms with Crippen molar-refractivity contribution >= 4 is 0 Å². The summed E-state index contributed by atoms with van der Waals surface area (Å²) in [5, 5.41) is 9.20. The first-order chi connectivity index (χ1) is 8.22. The van der Waals surface area contributed by atoms with Crippen molar-refractivity contribution in [3.8, 4) is 0 Å². The molecule has 0 radical (unpaired) electrons. The van der Waals surface area contributed by atoms with Crippen LogP contribution in [0.2, 0.25) is 0 Å². The van der Waals surface area contributed by atoms with E-state index in [1.165, 1.54) is 0 Å². The average molecular weight is 238 g/mol. The van der Waals surface area contributed by atoms with Crippen molar-refractivity contribution in [2.75, 3.05) is 13.7 Å². The predicted octanol–water partition coefficient (Wildman–Crippen LogP) is 2.38. The monoisotopic (exact) mass is 238 g/mol. The Morgan fingerprint density at radius 2 is 1.88 bits per heavy atom. The highest BCUT2D eigenvalue weighted by Crippen LogP contribution is 2.07. The van der Waals surface area contributed by atoms with Crippen molar-refractivity contribution in [1.82, 2.24) is 0 Å². The number of aliphatic hydroxyl groups excluding tert-OH is 1. The second-order valence-electron chi connectivity index (χ2n) is 4.28. The molecule has 0 amide bonds. The molecule has 1 aromatic carbocycles. The van der Waals surface area contributed by atoms with E-state index in [0.717, 1.165) is 18.4 Å². The zero-order valence-corrected chi connectivity index (χ0v) is 10.6. The van der Waals surface area contributed by atoms with Crippen LogP contribution >= 0.6 is 0 Å². The van der Waals surface area contributed by atoms with Crippen molar-refractivity contribution in [2.24, 2.45) is 0 Å². The van der Waals surface area contributed by atoms with Gasteiger partial charge in [-0.2, -0.15) is 0 Å². The standard InChI is InChI=1S/C14H22O3/c1-12(15)8-9-14(16-2)11-17-10-13-6-4-3-5-7-13/h3-7,12,14-15H,8-11H2,1-2H3. The van der Waals surface area contributed by atoms with Gasteiger partial charge in [0, 0.05) is 7.11 Å². The second-order valence-corrected chi connectivity index (χ2v) is 4.28. The van der Waals surface area contributed by atoms with E-state index in [9.17, 15) is 5.11 Å². The molecule has 17 heavy (non-hydrogen) atoms. The first kappa shape index (κ1) is 14.2. The van der Waals surface area contributed by atoms with Gasteiger partial charge in [0.05, 0.1) is 25.4 Å². The number of benzene rings is 1. The van der Waals surface area contributed by atoms with Crippen LogP contribution < -0.4 is 0 Å². The zero-order valence-electron chi connectivity index (χ0n) is 10.6. The third-order valence-corrected chi connectivity index (χ3v) is 2.66. The Kier molecular flexibility index (Phi) is 6.86. The Balaban J connectivity index is 2.19. The Hall–Kier alpha value is -0.900. The van der Waals surface area contributed by atoms with Crippen LogP contribution in [-0.4, -0.2) is 31.0 Å². The summed E-state index contributed by atoms with van der Waals surface area (Å²) in [6, 6.07) is 10.1. The second kappa shape index (κ2) is 8.23. The SMILES string of the molecule is COC(CCC(C)O)COCc1ccccc1. The molecule has 0 aromatic heterocycles. The Morgan fingerprint density at radius 3 is 2.47 bits per heavy atom. The van der Waals surface area contributed by atoms with Crippen LogP contribution in [0.3, 0.4) is 0 Å². The van der Waals surface area contributed by atoms with Crippen LogP contribution in [0, 0.1) is 0 Å². The first-order valence-electron chi connectivity index (χ1n) is 6.05. The molecule has 2 atom stereocenters. The maximum Gasteiger partial charge on any atom is 0.0805 e. The topological polar surface area (TPSA) is 38.7 Å². The van der Waals surface area contributed by atoms with E-state index in [0.29, 0.717) is 13.2 Å². The molecule has 0 saturated carbocycles. The molecule has 3 heteroatoms. The number of methoxy groups -OCH3 is 1. The maximum atomic E-state index is 9.20. The van der Waals surface area contributed by atoms with Crippen LogP contribution in [0.4, 0.5) is 0 Å². The fraction of sp³-hybridized carbons (Fsp3) is 0.571. The predicted molar refractivity (Wildman–Crippen MR) is 67.8 cm³/mol. The Labute approximate surface area is 103 Å². The van der Waals surface area contributed by atoms with E-state index >= 15 is 0 Å². The molecular formula is C14H22O3. The van der Waals surface area contributed by atoms with Gasteiger partial charge in [0.15, 0.2) is 0 Å². The van der Waals surface area contributed by atoms with Crippen molar-refractivity contribution < 1.29 is 14.6 Å².